The minimum Gasteiger partial charge on any atom is -0.379 e. The van der Waals surface area contributed by atoms with Crippen LogP contribution < -0.4 is 5.32 Å². The molecule has 1 aliphatic heterocycles. The molecule has 1 fully saturated rings. The van der Waals surface area contributed by atoms with E-state index in [9.17, 15) is 4.79 Å². The standard InChI is InChI=1S/C20H23N5O2S/c26-19(15-24-9-11-27-12-10-24)22-7-8-25-20(18-2-1-13-28-18)17(14-23-25)16-3-5-21-6-4-16/h1-6,13-14H,7-12,15H2,(H,22,26). The van der Waals surface area contributed by atoms with Gasteiger partial charge in [0.15, 0.2) is 0 Å². The first-order valence-corrected chi connectivity index (χ1v) is 10.3. The average Bonchev–Trinajstić information content (AvgIpc) is 3.39. The highest BCUT2D eigenvalue weighted by Gasteiger charge is 2.17. The molecule has 4 rings (SSSR count). The lowest BCUT2D eigenvalue weighted by Crippen LogP contribution is -2.43. The van der Waals surface area contributed by atoms with Gasteiger partial charge in [-0.15, -0.1) is 11.3 Å². The van der Waals surface area contributed by atoms with Crippen molar-refractivity contribution in [1.82, 2.24) is 25.0 Å². The number of amides is 1. The van der Waals surface area contributed by atoms with E-state index in [1.54, 1.807) is 23.7 Å². The molecule has 0 bridgehead atoms. The van der Waals surface area contributed by atoms with Gasteiger partial charge in [-0.3, -0.25) is 19.4 Å². The zero-order valence-corrected chi connectivity index (χ0v) is 16.4. The van der Waals surface area contributed by atoms with Crippen LogP contribution in [0.15, 0.2) is 48.2 Å². The van der Waals surface area contributed by atoms with Gasteiger partial charge in [-0.25, -0.2) is 0 Å². The molecule has 1 N–H and O–H groups in total. The minimum absolute atomic E-state index is 0.0427. The van der Waals surface area contributed by atoms with Crippen molar-refractivity contribution in [3.63, 3.8) is 0 Å². The van der Waals surface area contributed by atoms with E-state index in [-0.39, 0.29) is 5.91 Å². The molecule has 1 saturated heterocycles. The van der Waals surface area contributed by atoms with Gasteiger partial charge in [-0.1, -0.05) is 6.07 Å². The molecule has 0 saturated carbocycles. The summed E-state index contributed by atoms with van der Waals surface area (Å²) in [6.07, 6.45) is 5.47. The number of carbonyl (C=O) groups excluding carboxylic acids is 1. The highest BCUT2D eigenvalue weighted by molar-refractivity contribution is 7.13. The molecular formula is C20H23N5O2S. The van der Waals surface area contributed by atoms with Gasteiger partial charge < -0.3 is 10.1 Å². The van der Waals surface area contributed by atoms with Gasteiger partial charge in [0.1, 0.15) is 0 Å². The van der Waals surface area contributed by atoms with Crippen molar-refractivity contribution >= 4 is 17.2 Å². The van der Waals surface area contributed by atoms with Crippen LogP contribution in [0.2, 0.25) is 0 Å². The molecule has 1 aliphatic rings. The Hall–Kier alpha value is -2.55. The number of hydrogen-bond acceptors (Lipinski definition) is 6. The van der Waals surface area contributed by atoms with Crippen LogP contribution in [0.4, 0.5) is 0 Å². The number of pyridine rings is 1. The van der Waals surface area contributed by atoms with E-state index in [1.165, 1.54) is 0 Å². The fourth-order valence-corrected chi connectivity index (χ4v) is 4.08. The summed E-state index contributed by atoms with van der Waals surface area (Å²) in [5, 5.41) is 9.66. The number of aromatic nitrogens is 3. The topological polar surface area (TPSA) is 72.3 Å². The second kappa shape index (κ2) is 9.09. The first-order chi connectivity index (χ1) is 13.8. The quantitative estimate of drug-likeness (QED) is 0.661. The summed E-state index contributed by atoms with van der Waals surface area (Å²) in [4.78, 5) is 19.6. The maximum atomic E-state index is 12.2. The molecule has 3 aromatic heterocycles. The Morgan fingerprint density at radius 2 is 2.04 bits per heavy atom. The minimum atomic E-state index is 0.0427. The van der Waals surface area contributed by atoms with Gasteiger partial charge in [0, 0.05) is 37.6 Å². The SMILES string of the molecule is O=C(CN1CCOCC1)NCCn1ncc(-c2ccncc2)c1-c1cccs1. The van der Waals surface area contributed by atoms with Gasteiger partial charge >= 0.3 is 0 Å². The molecule has 28 heavy (non-hydrogen) atoms. The number of thiophene rings is 1. The molecule has 0 aliphatic carbocycles. The van der Waals surface area contributed by atoms with Crippen molar-refractivity contribution in [2.24, 2.45) is 0 Å². The Morgan fingerprint density at radius 1 is 1.21 bits per heavy atom. The molecule has 4 heterocycles. The third kappa shape index (κ3) is 4.46. The van der Waals surface area contributed by atoms with Crippen LogP contribution in [0.5, 0.6) is 0 Å². The molecule has 146 valence electrons. The van der Waals surface area contributed by atoms with Gasteiger partial charge in [0.05, 0.1) is 43.1 Å². The van der Waals surface area contributed by atoms with Crippen LogP contribution in [0.25, 0.3) is 21.7 Å². The Kier molecular flexibility index (Phi) is 6.11. The molecule has 3 aromatic rings. The summed E-state index contributed by atoms with van der Waals surface area (Å²) in [6, 6.07) is 8.11. The number of ether oxygens (including phenoxy) is 1. The largest absolute Gasteiger partial charge is 0.379 e. The maximum absolute atomic E-state index is 12.2. The Bertz CT molecular complexity index is 889. The van der Waals surface area contributed by atoms with E-state index in [1.807, 2.05) is 29.1 Å². The first-order valence-electron chi connectivity index (χ1n) is 9.38. The number of nitrogens with zero attached hydrogens (tertiary/aromatic N) is 4. The highest BCUT2D eigenvalue weighted by atomic mass is 32.1. The van der Waals surface area contributed by atoms with E-state index in [0.717, 1.165) is 34.8 Å². The smallest absolute Gasteiger partial charge is 0.234 e. The lowest BCUT2D eigenvalue weighted by atomic mass is 10.1. The Balaban J connectivity index is 1.43. The molecule has 0 atom stereocenters. The molecule has 8 heteroatoms. The van der Waals surface area contributed by atoms with Crippen LogP contribution in [0, 0.1) is 0 Å². The lowest BCUT2D eigenvalue weighted by Gasteiger charge is -2.25. The summed E-state index contributed by atoms with van der Waals surface area (Å²) in [6.45, 7) is 4.59. The van der Waals surface area contributed by atoms with Crippen LogP contribution >= 0.6 is 11.3 Å². The van der Waals surface area contributed by atoms with E-state index in [4.69, 9.17) is 4.74 Å². The zero-order valence-electron chi connectivity index (χ0n) is 15.6. The van der Waals surface area contributed by atoms with Crippen molar-refractivity contribution in [2.75, 3.05) is 39.4 Å². The summed E-state index contributed by atoms with van der Waals surface area (Å²) < 4.78 is 7.29. The average molecular weight is 398 g/mol. The molecule has 0 unspecified atom stereocenters. The normalized spacial score (nSPS) is 14.9. The lowest BCUT2D eigenvalue weighted by molar-refractivity contribution is -0.123. The van der Waals surface area contributed by atoms with Crippen molar-refractivity contribution in [3.05, 3.63) is 48.2 Å². The number of rotatable bonds is 7. The molecule has 0 aromatic carbocycles. The third-order valence-electron chi connectivity index (χ3n) is 4.70. The van der Waals surface area contributed by atoms with Crippen molar-refractivity contribution < 1.29 is 9.53 Å². The van der Waals surface area contributed by atoms with Gasteiger partial charge in [0.2, 0.25) is 5.91 Å². The second-order valence-electron chi connectivity index (χ2n) is 6.58. The van der Waals surface area contributed by atoms with E-state index >= 15 is 0 Å². The Labute approximate surface area is 168 Å². The maximum Gasteiger partial charge on any atom is 0.234 e. The third-order valence-corrected chi connectivity index (χ3v) is 5.58. The summed E-state index contributed by atoms with van der Waals surface area (Å²) in [5.74, 6) is 0.0427. The molecule has 1 amide bonds. The van der Waals surface area contributed by atoms with E-state index in [0.29, 0.717) is 32.8 Å². The fourth-order valence-electron chi connectivity index (χ4n) is 3.29. The molecular weight excluding hydrogens is 374 g/mol. The van der Waals surface area contributed by atoms with Crippen molar-refractivity contribution in [1.29, 1.82) is 0 Å². The Morgan fingerprint density at radius 3 is 2.79 bits per heavy atom. The highest BCUT2D eigenvalue weighted by Crippen LogP contribution is 2.34. The molecule has 0 spiro atoms. The van der Waals surface area contributed by atoms with Crippen LogP contribution in [-0.4, -0.2) is 65.0 Å². The summed E-state index contributed by atoms with van der Waals surface area (Å²) >= 11 is 1.68. The number of hydrogen-bond donors (Lipinski definition) is 1. The number of carbonyl (C=O) groups is 1. The first kappa shape index (κ1) is 18.8. The predicted molar refractivity (Wildman–Crippen MR) is 109 cm³/mol. The predicted octanol–water partition coefficient (Wildman–Crippen LogP) is 2.12. The second-order valence-corrected chi connectivity index (χ2v) is 7.53. The van der Waals surface area contributed by atoms with Crippen molar-refractivity contribution in [2.45, 2.75) is 6.54 Å². The summed E-state index contributed by atoms with van der Waals surface area (Å²) in [7, 11) is 0. The summed E-state index contributed by atoms with van der Waals surface area (Å²) in [5.41, 5.74) is 3.23. The fraction of sp³-hybridized carbons (Fsp3) is 0.350. The zero-order chi connectivity index (χ0) is 19.2. The van der Waals surface area contributed by atoms with Gasteiger partial charge in [0.25, 0.3) is 0 Å². The number of morpholine rings is 1. The number of nitrogens with one attached hydrogen (secondary N) is 1. The van der Waals surface area contributed by atoms with Gasteiger partial charge in [-0.05, 0) is 29.1 Å². The van der Waals surface area contributed by atoms with Crippen LogP contribution in [0.1, 0.15) is 0 Å². The van der Waals surface area contributed by atoms with Gasteiger partial charge in [-0.2, -0.15) is 5.10 Å². The van der Waals surface area contributed by atoms with E-state index < -0.39 is 0 Å². The molecule has 0 radical (unpaired) electrons. The van der Waals surface area contributed by atoms with Crippen molar-refractivity contribution in [3.8, 4) is 21.7 Å². The van der Waals surface area contributed by atoms with Crippen LogP contribution in [0.3, 0.4) is 0 Å². The molecule has 7 nitrogen and oxygen atoms in total. The van der Waals surface area contributed by atoms with Crippen LogP contribution in [-0.2, 0) is 16.1 Å². The van der Waals surface area contributed by atoms with E-state index in [2.05, 4.69) is 31.7 Å². The monoisotopic (exact) mass is 397 g/mol.